The van der Waals surface area contributed by atoms with Gasteiger partial charge in [-0.3, -0.25) is 0 Å². The van der Waals surface area contributed by atoms with Crippen molar-refractivity contribution in [2.45, 2.75) is 84.2 Å². The summed E-state index contributed by atoms with van der Waals surface area (Å²) in [6, 6.07) is 3.16. The largest absolute Gasteiger partial charge is 0.309 e. The Morgan fingerprint density at radius 1 is 1.17 bits per heavy atom. The van der Waals surface area contributed by atoms with E-state index in [-0.39, 0.29) is 0 Å². The molecule has 0 spiro atoms. The summed E-state index contributed by atoms with van der Waals surface area (Å²) in [5.41, 5.74) is 2.28. The van der Waals surface area contributed by atoms with Crippen LogP contribution in [0, 0.1) is 23.2 Å². The average Bonchev–Trinajstić information content (AvgIpc) is 3.02. The minimum absolute atomic E-state index is 0.605. The van der Waals surface area contributed by atoms with E-state index in [1.165, 1.54) is 44.9 Å². The summed E-state index contributed by atoms with van der Waals surface area (Å²) >= 11 is 1.98. The molecule has 4 unspecified atom stereocenters. The quantitative estimate of drug-likeness (QED) is 0.718. The zero-order valence-corrected chi connectivity index (χ0v) is 15.9. The summed E-state index contributed by atoms with van der Waals surface area (Å²) in [4.78, 5) is 1.63. The molecular formula is C21H33NS. The molecule has 4 saturated carbocycles. The maximum Gasteiger partial charge on any atom is 0.0305 e. The van der Waals surface area contributed by atoms with Crippen LogP contribution in [0.1, 0.15) is 82.1 Å². The Balaban J connectivity index is 1.38. The van der Waals surface area contributed by atoms with Crippen molar-refractivity contribution in [3.8, 4) is 0 Å². The zero-order chi connectivity index (χ0) is 16.0. The molecule has 5 rings (SSSR count). The molecule has 4 aliphatic carbocycles. The standard InChI is InChI=1S/C21H33NS/c1-14-18-11-16(21(18,2)3)12-19(14)22-13-20-17(9-10-23-20)15-7-5-4-6-8-15/h9-10,14-16,18-19,22H,4-8,11-13H2,1-3H3. The lowest BCUT2D eigenvalue weighted by molar-refractivity contribution is -0.115. The highest BCUT2D eigenvalue weighted by molar-refractivity contribution is 7.10. The van der Waals surface area contributed by atoms with Crippen molar-refractivity contribution in [1.29, 1.82) is 0 Å². The fourth-order valence-electron chi connectivity index (χ4n) is 5.91. The average molecular weight is 332 g/mol. The molecule has 1 aromatic heterocycles. The third-order valence-electron chi connectivity index (χ3n) is 7.70. The first kappa shape index (κ1) is 16.1. The number of rotatable bonds is 4. The highest BCUT2D eigenvalue weighted by Gasteiger charge is 2.55. The summed E-state index contributed by atoms with van der Waals surface area (Å²) in [6.07, 6.45) is 10.0. The second-order valence-electron chi connectivity index (χ2n) is 9.08. The zero-order valence-electron chi connectivity index (χ0n) is 15.1. The lowest BCUT2D eigenvalue weighted by atomic mass is 9.45. The maximum atomic E-state index is 3.96. The third kappa shape index (κ3) is 2.80. The van der Waals surface area contributed by atoms with Crippen LogP contribution in [0.2, 0.25) is 0 Å². The molecular weight excluding hydrogens is 298 g/mol. The second kappa shape index (κ2) is 6.19. The lowest BCUT2D eigenvalue weighted by Gasteiger charge is -2.62. The van der Waals surface area contributed by atoms with Gasteiger partial charge < -0.3 is 5.32 Å². The van der Waals surface area contributed by atoms with E-state index in [0.717, 1.165) is 36.3 Å². The molecule has 4 aliphatic rings. The van der Waals surface area contributed by atoms with E-state index in [2.05, 4.69) is 37.5 Å². The first-order chi connectivity index (χ1) is 11.1. The van der Waals surface area contributed by atoms with Crippen molar-refractivity contribution < 1.29 is 0 Å². The molecule has 1 N–H and O–H groups in total. The Bertz CT molecular complexity index is 540. The van der Waals surface area contributed by atoms with Gasteiger partial charge in [-0.25, -0.2) is 0 Å². The summed E-state index contributed by atoms with van der Waals surface area (Å²) in [6.45, 7) is 8.60. The first-order valence-corrected chi connectivity index (χ1v) is 10.7. The molecule has 4 fully saturated rings. The van der Waals surface area contributed by atoms with E-state index >= 15 is 0 Å². The van der Waals surface area contributed by atoms with Gasteiger partial charge in [0.15, 0.2) is 0 Å². The van der Waals surface area contributed by atoms with Gasteiger partial charge in [-0.05, 0) is 71.8 Å². The molecule has 0 saturated heterocycles. The van der Waals surface area contributed by atoms with Crippen molar-refractivity contribution in [2.75, 3.05) is 0 Å². The van der Waals surface area contributed by atoms with Crippen LogP contribution >= 0.6 is 11.3 Å². The number of hydrogen-bond donors (Lipinski definition) is 1. The van der Waals surface area contributed by atoms with Crippen molar-refractivity contribution in [3.63, 3.8) is 0 Å². The fourth-order valence-corrected chi connectivity index (χ4v) is 6.83. The van der Waals surface area contributed by atoms with E-state index in [1.54, 1.807) is 10.4 Å². The molecule has 1 nitrogen and oxygen atoms in total. The van der Waals surface area contributed by atoms with Gasteiger partial charge in [0.05, 0.1) is 0 Å². The van der Waals surface area contributed by atoms with Crippen LogP contribution < -0.4 is 5.32 Å². The second-order valence-corrected chi connectivity index (χ2v) is 10.1. The maximum absolute atomic E-state index is 3.96. The third-order valence-corrected chi connectivity index (χ3v) is 8.64. The topological polar surface area (TPSA) is 12.0 Å². The Hall–Kier alpha value is -0.340. The molecule has 4 atom stereocenters. The molecule has 2 heteroatoms. The number of fused-ring (bicyclic) bond motifs is 2. The Morgan fingerprint density at radius 2 is 1.96 bits per heavy atom. The van der Waals surface area contributed by atoms with Gasteiger partial charge in [-0.1, -0.05) is 40.0 Å². The van der Waals surface area contributed by atoms with E-state index in [9.17, 15) is 0 Å². The van der Waals surface area contributed by atoms with Gasteiger partial charge in [0.1, 0.15) is 0 Å². The highest BCUT2D eigenvalue weighted by Crippen LogP contribution is 2.61. The number of nitrogens with one attached hydrogen (secondary N) is 1. The van der Waals surface area contributed by atoms with Gasteiger partial charge in [0.2, 0.25) is 0 Å². The summed E-state index contributed by atoms with van der Waals surface area (Å²) < 4.78 is 0. The van der Waals surface area contributed by atoms with Crippen LogP contribution in [-0.4, -0.2) is 6.04 Å². The number of thiophene rings is 1. The Morgan fingerprint density at radius 3 is 2.65 bits per heavy atom. The summed E-state index contributed by atoms with van der Waals surface area (Å²) in [5.74, 6) is 3.60. The lowest BCUT2D eigenvalue weighted by Crippen LogP contribution is -2.59. The minimum atomic E-state index is 0.605. The fraction of sp³-hybridized carbons (Fsp3) is 0.810. The van der Waals surface area contributed by atoms with E-state index in [4.69, 9.17) is 0 Å². The molecule has 0 amide bonds. The minimum Gasteiger partial charge on any atom is -0.309 e. The van der Waals surface area contributed by atoms with E-state index in [1.807, 2.05) is 11.3 Å². The van der Waals surface area contributed by atoms with E-state index < -0.39 is 0 Å². The van der Waals surface area contributed by atoms with Crippen LogP contribution in [0.25, 0.3) is 0 Å². The van der Waals surface area contributed by atoms with Gasteiger partial charge in [0.25, 0.3) is 0 Å². The molecule has 0 aromatic carbocycles. The normalized spacial score (nSPS) is 36.7. The van der Waals surface area contributed by atoms with Crippen LogP contribution in [-0.2, 0) is 6.54 Å². The van der Waals surface area contributed by atoms with Crippen molar-refractivity contribution in [1.82, 2.24) is 5.32 Å². The van der Waals surface area contributed by atoms with Crippen LogP contribution in [0.5, 0.6) is 0 Å². The van der Waals surface area contributed by atoms with Crippen molar-refractivity contribution >= 4 is 11.3 Å². The summed E-state index contributed by atoms with van der Waals surface area (Å²) in [5, 5.41) is 6.29. The van der Waals surface area contributed by atoms with E-state index in [0.29, 0.717) is 5.41 Å². The molecule has 0 aliphatic heterocycles. The van der Waals surface area contributed by atoms with Crippen LogP contribution in [0.4, 0.5) is 0 Å². The van der Waals surface area contributed by atoms with Gasteiger partial charge in [0, 0.05) is 17.5 Å². The molecule has 23 heavy (non-hydrogen) atoms. The molecule has 1 aromatic rings. The molecule has 2 bridgehead atoms. The van der Waals surface area contributed by atoms with Gasteiger partial charge in [-0.15, -0.1) is 11.3 Å². The highest BCUT2D eigenvalue weighted by atomic mass is 32.1. The SMILES string of the molecule is CC1C(NCc2sccc2C2CCCCC2)CC2CC1C2(C)C. The predicted molar refractivity (Wildman–Crippen MR) is 99.9 cm³/mol. The molecule has 128 valence electrons. The van der Waals surface area contributed by atoms with Crippen LogP contribution in [0.15, 0.2) is 11.4 Å². The smallest absolute Gasteiger partial charge is 0.0305 e. The Kier molecular flexibility index (Phi) is 4.34. The first-order valence-electron chi connectivity index (χ1n) is 9.87. The van der Waals surface area contributed by atoms with Gasteiger partial charge in [-0.2, -0.15) is 0 Å². The Labute approximate surface area is 146 Å². The summed E-state index contributed by atoms with van der Waals surface area (Å²) in [7, 11) is 0. The monoisotopic (exact) mass is 331 g/mol. The van der Waals surface area contributed by atoms with Crippen molar-refractivity contribution in [3.05, 3.63) is 21.9 Å². The predicted octanol–water partition coefficient (Wildman–Crippen LogP) is 5.96. The molecule has 0 radical (unpaired) electrons. The van der Waals surface area contributed by atoms with Gasteiger partial charge >= 0.3 is 0 Å². The molecule has 1 heterocycles. The number of hydrogen-bond acceptors (Lipinski definition) is 2. The van der Waals surface area contributed by atoms with Crippen molar-refractivity contribution in [2.24, 2.45) is 23.2 Å². The van der Waals surface area contributed by atoms with Crippen LogP contribution in [0.3, 0.4) is 0 Å².